The van der Waals surface area contributed by atoms with E-state index in [1.54, 1.807) is 0 Å². The van der Waals surface area contributed by atoms with Gasteiger partial charge < -0.3 is 15.5 Å². The van der Waals surface area contributed by atoms with Crippen LogP contribution in [0.5, 0.6) is 0 Å². The first kappa shape index (κ1) is 32.6. The summed E-state index contributed by atoms with van der Waals surface area (Å²) >= 11 is 0. The van der Waals surface area contributed by atoms with E-state index in [4.69, 9.17) is 0 Å². The maximum atomic E-state index is 12.6. The van der Waals surface area contributed by atoms with E-state index in [0.717, 1.165) is 19.3 Å². The van der Waals surface area contributed by atoms with Crippen LogP contribution in [0.25, 0.3) is 0 Å². The number of aliphatic hydroxyl groups excluding tert-OH is 2. The van der Waals surface area contributed by atoms with E-state index in [9.17, 15) is 15.0 Å². The summed E-state index contributed by atoms with van der Waals surface area (Å²) in [5.74, 6) is -0.229. The molecule has 0 radical (unpaired) electrons. The van der Waals surface area contributed by atoms with Crippen molar-refractivity contribution in [2.45, 2.75) is 154 Å². The van der Waals surface area contributed by atoms with Gasteiger partial charge in [0.05, 0.1) is 18.8 Å². The molecule has 208 valence electrons. The Morgan fingerprint density at radius 2 is 1.14 bits per heavy atom. The molecule has 0 bridgehead atoms. The monoisotopic (exact) mass is 503 g/mol. The minimum absolute atomic E-state index is 0.229. The van der Waals surface area contributed by atoms with Gasteiger partial charge >= 0.3 is 0 Å². The van der Waals surface area contributed by atoms with Crippen LogP contribution in [0.1, 0.15) is 152 Å². The van der Waals surface area contributed by atoms with E-state index in [2.05, 4.69) is 19.2 Å². The number of hydrogen-bond acceptors (Lipinski definition) is 3. The Labute approximate surface area is 222 Å². The molecule has 36 heavy (non-hydrogen) atoms. The molecule has 0 saturated carbocycles. The Hall–Kier alpha value is -1.39. The quantitative estimate of drug-likeness (QED) is 0.125. The molecule has 0 aliphatic carbocycles. The Balaban J connectivity index is 2.15. The highest BCUT2D eigenvalue weighted by molar-refractivity contribution is 5.94. The second kappa shape index (κ2) is 22.8. The predicted molar refractivity (Wildman–Crippen MR) is 154 cm³/mol. The minimum atomic E-state index is -0.714. The van der Waals surface area contributed by atoms with Gasteiger partial charge in [0.1, 0.15) is 0 Å². The van der Waals surface area contributed by atoms with Gasteiger partial charge in [-0.15, -0.1) is 0 Å². The van der Waals surface area contributed by atoms with E-state index >= 15 is 0 Å². The number of nitrogens with one attached hydrogen (secondary N) is 1. The number of aliphatic hydroxyl groups is 2. The van der Waals surface area contributed by atoms with E-state index in [1.807, 2.05) is 24.3 Å². The van der Waals surface area contributed by atoms with Gasteiger partial charge in [-0.1, -0.05) is 135 Å². The highest BCUT2D eigenvalue weighted by Crippen LogP contribution is 2.15. The molecule has 0 aliphatic rings. The molecule has 1 amide bonds. The maximum Gasteiger partial charge on any atom is 0.251 e. The van der Waals surface area contributed by atoms with Crippen molar-refractivity contribution in [1.29, 1.82) is 0 Å². The summed E-state index contributed by atoms with van der Waals surface area (Å²) in [6, 6.07) is 7.13. The number of unbranched alkanes of at least 4 members (excludes halogenated alkanes) is 16. The van der Waals surface area contributed by atoms with Crippen LogP contribution in [0.4, 0.5) is 0 Å². The lowest BCUT2D eigenvalue weighted by atomic mass is 10.0. The van der Waals surface area contributed by atoms with Crippen molar-refractivity contribution >= 4 is 5.91 Å². The summed E-state index contributed by atoms with van der Waals surface area (Å²) in [5, 5.41) is 23.1. The van der Waals surface area contributed by atoms with Crippen molar-refractivity contribution in [2.24, 2.45) is 0 Å². The SMILES string of the molecule is CCCCCCCCCCCCCCC[C@@H](O)[C@H](CO)NC(=O)c1ccc(CCCCCCC)cc1. The van der Waals surface area contributed by atoms with Crippen molar-refractivity contribution in [2.75, 3.05) is 6.61 Å². The fourth-order valence-corrected chi connectivity index (χ4v) is 4.84. The molecule has 1 aromatic rings. The Kier molecular flexibility index (Phi) is 20.7. The largest absolute Gasteiger partial charge is 0.394 e. The fourth-order valence-electron chi connectivity index (χ4n) is 4.84. The number of carbonyl (C=O) groups excluding carboxylic acids is 1. The second-order valence-corrected chi connectivity index (χ2v) is 10.7. The van der Waals surface area contributed by atoms with Crippen LogP contribution in [-0.4, -0.2) is 34.9 Å². The minimum Gasteiger partial charge on any atom is -0.394 e. The molecular formula is C32H57NO3. The zero-order valence-electron chi connectivity index (χ0n) is 23.6. The molecule has 0 unspecified atom stereocenters. The van der Waals surface area contributed by atoms with Gasteiger partial charge in [-0.2, -0.15) is 0 Å². The predicted octanol–water partition coefficient (Wildman–Crippen LogP) is 8.13. The molecule has 4 heteroatoms. The number of benzene rings is 1. The molecule has 3 N–H and O–H groups in total. The van der Waals surface area contributed by atoms with Crippen LogP contribution in [-0.2, 0) is 6.42 Å². The summed E-state index contributed by atoms with van der Waals surface area (Å²) in [4.78, 5) is 12.6. The van der Waals surface area contributed by atoms with Gasteiger partial charge in [0.25, 0.3) is 5.91 Å². The van der Waals surface area contributed by atoms with E-state index in [0.29, 0.717) is 12.0 Å². The van der Waals surface area contributed by atoms with Gasteiger partial charge in [0, 0.05) is 5.56 Å². The lowest BCUT2D eigenvalue weighted by Gasteiger charge is -2.22. The molecule has 0 aliphatic heterocycles. The highest BCUT2D eigenvalue weighted by Gasteiger charge is 2.20. The molecule has 0 spiro atoms. The smallest absolute Gasteiger partial charge is 0.251 e. The zero-order chi connectivity index (χ0) is 26.3. The first-order valence-corrected chi connectivity index (χ1v) is 15.3. The fraction of sp³-hybridized carbons (Fsp3) is 0.781. The third kappa shape index (κ3) is 16.4. The second-order valence-electron chi connectivity index (χ2n) is 10.7. The van der Waals surface area contributed by atoms with Crippen LogP contribution in [0.3, 0.4) is 0 Å². The molecule has 0 saturated heterocycles. The Morgan fingerprint density at radius 3 is 1.61 bits per heavy atom. The summed E-state index contributed by atoms with van der Waals surface area (Å²) in [6.45, 7) is 4.24. The van der Waals surface area contributed by atoms with E-state index in [1.165, 1.54) is 108 Å². The molecule has 4 nitrogen and oxygen atoms in total. The molecular weight excluding hydrogens is 446 g/mol. The molecule has 1 aromatic carbocycles. The summed E-state index contributed by atoms with van der Waals surface area (Å²) in [6.07, 6.45) is 24.0. The molecule has 1 rings (SSSR count). The average Bonchev–Trinajstić information content (AvgIpc) is 2.89. The lowest BCUT2D eigenvalue weighted by Crippen LogP contribution is -2.45. The number of amides is 1. The molecule has 2 atom stereocenters. The van der Waals surface area contributed by atoms with Crippen molar-refractivity contribution < 1.29 is 15.0 Å². The molecule has 0 fully saturated rings. The van der Waals surface area contributed by atoms with Crippen molar-refractivity contribution in [3.63, 3.8) is 0 Å². The summed E-state index contributed by atoms with van der Waals surface area (Å²) in [5.41, 5.74) is 1.83. The van der Waals surface area contributed by atoms with E-state index < -0.39 is 12.1 Å². The third-order valence-electron chi connectivity index (χ3n) is 7.37. The van der Waals surface area contributed by atoms with Crippen LogP contribution in [0.2, 0.25) is 0 Å². The molecule has 0 aromatic heterocycles. The van der Waals surface area contributed by atoms with E-state index in [-0.39, 0.29) is 12.5 Å². The number of hydrogen-bond donors (Lipinski definition) is 3. The summed E-state index contributed by atoms with van der Waals surface area (Å²) < 4.78 is 0. The van der Waals surface area contributed by atoms with Gasteiger partial charge in [0.2, 0.25) is 0 Å². The van der Waals surface area contributed by atoms with Gasteiger partial charge in [-0.25, -0.2) is 0 Å². The highest BCUT2D eigenvalue weighted by atomic mass is 16.3. The topological polar surface area (TPSA) is 69.6 Å². The Morgan fingerprint density at radius 1 is 0.694 bits per heavy atom. The zero-order valence-corrected chi connectivity index (χ0v) is 23.6. The van der Waals surface area contributed by atoms with Crippen molar-refractivity contribution in [1.82, 2.24) is 5.32 Å². The lowest BCUT2D eigenvalue weighted by molar-refractivity contribution is 0.0661. The van der Waals surface area contributed by atoms with Crippen LogP contribution >= 0.6 is 0 Å². The summed E-state index contributed by atoms with van der Waals surface area (Å²) in [7, 11) is 0. The number of aryl methyl sites for hydroxylation is 1. The third-order valence-corrected chi connectivity index (χ3v) is 7.37. The van der Waals surface area contributed by atoms with Crippen LogP contribution < -0.4 is 5.32 Å². The average molecular weight is 504 g/mol. The number of rotatable bonds is 24. The first-order chi connectivity index (χ1) is 17.6. The van der Waals surface area contributed by atoms with Gasteiger partial charge in [-0.05, 0) is 37.0 Å². The number of carbonyl (C=O) groups is 1. The van der Waals surface area contributed by atoms with Gasteiger partial charge in [0.15, 0.2) is 0 Å². The van der Waals surface area contributed by atoms with Gasteiger partial charge in [-0.3, -0.25) is 4.79 Å². The van der Waals surface area contributed by atoms with Crippen molar-refractivity contribution in [3.05, 3.63) is 35.4 Å². The van der Waals surface area contributed by atoms with Crippen LogP contribution in [0, 0.1) is 0 Å². The Bertz CT molecular complexity index is 631. The van der Waals surface area contributed by atoms with Crippen LogP contribution in [0.15, 0.2) is 24.3 Å². The standard InChI is InChI=1S/C32H57NO3/c1-3-5-7-9-10-11-12-13-14-15-16-18-20-22-31(35)30(27-34)33-32(36)29-25-23-28(24-26-29)21-19-17-8-6-4-2/h23-26,30-31,34-35H,3-22,27H2,1-2H3,(H,33,36)/t30-,31+/m0/s1. The van der Waals surface area contributed by atoms with Crippen molar-refractivity contribution in [3.8, 4) is 0 Å². The first-order valence-electron chi connectivity index (χ1n) is 15.3. The normalized spacial score (nSPS) is 13.0. The maximum absolute atomic E-state index is 12.6. The molecule has 0 heterocycles.